The van der Waals surface area contributed by atoms with Crippen LogP contribution in [0.5, 0.6) is 0 Å². The third-order valence-electron chi connectivity index (χ3n) is 4.74. The van der Waals surface area contributed by atoms with E-state index >= 15 is 0 Å². The summed E-state index contributed by atoms with van der Waals surface area (Å²) >= 11 is 7.01. The van der Waals surface area contributed by atoms with Gasteiger partial charge in [0, 0.05) is 22.8 Å². The first-order valence-electron chi connectivity index (χ1n) is 9.19. The van der Waals surface area contributed by atoms with Gasteiger partial charge in [-0.25, -0.2) is 17.2 Å². The number of carbonyl (C=O) groups excluding carboxylic acids is 1. The third kappa shape index (κ3) is 4.32. The fraction of sp³-hybridized carbons (Fsp3) is 0.0455. The molecule has 4 aromatic rings. The Kier molecular flexibility index (Phi) is 5.89. The lowest BCUT2D eigenvalue weighted by atomic mass is 10.2. The fourth-order valence-electron chi connectivity index (χ4n) is 3.02. The van der Waals surface area contributed by atoms with E-state index in [-0.39, 0.29) is 10.6 Å². The second-order valence-electron chi connectivity index (χ2n) is 6.84. The first-order chi connectivity index (χ1) is 15.1. The van der Waals surface area contributed by atoms with Crippen molar-refractivity contribution < 1.29 is 22.0 Å². The predicted octanol–water partition coefficient (Wildman–Crippen LogP) is 5.91. The molecule has 4 rings (SSSR count). The summed E-state index contributed by atoms with van der Waals surface area (Å²) in [5.74, 6) is -2.18. The minimum absolute atomic E-state index is 0.0937. The Bertz CT molecular complexity index is 1440. The fourth-order valence-corrected chi connectivity index (χ4v) is 5.27. The summed E-state index contributed by atoms with van der Waals surface area (Å²) in [6.45, 7) is 0. The van der Waals surface area contributed by atoms with Crippen LogP contribution in [0.15, 0.2) is 71.6 Å². The number of hydrogen-bond donors (Lipinski definition) is 1. The lowest BCUT2D eigenvalue weighted by molar-refractivity contribution is 0.103. The highest BCUT2D eigenvalue weighted by atomic mass is 35.5. The van der Waals surface area contributed by atoms with Crippen LogP contribution in [0.4, 0.5) is 20.2 Å². The molecule has 1 heterocycles. The Morgan fingerprint density at radius 2 is 1.72 bits per heavy atom. The summed E-state index contributed by atoms with van der Waals surface area (Å²) in [7, 11) is -2.38. The van der Waals surface area contributed by atoms with Gasteiger partial charge < -0.3 is 5.32 Å². The molecule has 1 amide bonds. The number of rotatable bonds is 5. The first kappa shape index (κ1) is 22.2. The SMILES string of the molecule is CN(c1ccc2sc(C(=O)Nc3ccc(F)cc3F)cc2c1)S(=O)(=O)c1ccc(Cl)cc1. The summed E-state index contributed by atoms with van der Waals surface area (Å²) in [5, 5.41) is 3.49. The maximum absolute atomic E-state index is 13.8. The standard InChI is InChI=1S/C22H15ClF2N2O3S2/c1-27(32(29,30)17-6-2-14(23)3-7-17)16-5-9-20-13(10-16)11-21(31-20)22(28)26-19-8-4-15(24)12-18(19)25/h2-12H,1H3,(H,26,28). The van der Waals surface area contributed by atoms with Crippen molar-refractivity contribution in [3.8, 4) is 0 Å². The molecule has 0 aliphatic carbocycles. The zero-order chi connectivity index (χ0) is 23.0. The lowest BCUT2D eigenvalue weighted by Crippen LogP contribution is -2.26. The maximum atomic E-state index is 13.8. The number of halogens is 3. The van der Waals surface area contributed by atoms with Gasteiger partial charge in [0.1, 0.15) is 11.6 Å². The smallest absolute Gasteiger partial charge is 0.265 e. The highest BCUT2D eigenvalue weighted by molar-refractivity contribution is 7.92. The Labute approximate surface area is 191 Å². The van der Waals surface area contributed by atoms with Gasteiger partial charge in [-0.1, -0.05) is 11.6 Å². The molecule has 0 aliphatic heterocycles. The molecular weight excluding hydrogens is 478 g/mol. The molecule has 1 aromatic heterocycles. The highest BCUT2D eigenvalue weighted by Crippen LogP contribution is 2.32. The van der Waals surface area contributed by atoms with Crippen LogP contribution in [-0.4, -0.2) is 21.4 Å². The summed E-state index contributed by atoms with van der Waals surface area (Å²) in [6.07, 6.45) is 0. The van der Waals surface area contributed by atoms with E-state index in [9.17, 15) is 22.0 Å². The van der Waals surface area contributed by atoms with Crippen molar-refractivity contribution in [2.75, 3.05) is 16.7 Å². The Morgan fingerprint density at radius 3 is 2.41 bits per heavy atom. The number of nitrogens with one attached hydrogen (secondary N) is 1. The van der Waals surface area contributed by atoms with Crippen molar-refractivity contribution in [2.24, 2.45) is 0 Å². The zero-order valence-electron chi connectivity index (χ0n) is 16.5. The predicted molar refractivity (Wildman–Crippen MR) is 123 cm³/mol. The van der Waals surface area contributed by atoms with Crippen LogP contribution in [0.1, 0.15) is 9.67 Å². The van der Waals surface area contributed by atoms with Gasteiger partial charge in [0.05, 0.1) is 21.1 Å². The number of amides is 1. The van der Waals surface area contributed by atoms with Gasteiger partial charge in [0.15, 0.2) is 0 Å². The van der Waals surface area contributed by atoms with Gasteiger partial charge in [-0.2, -0.15) is 0 Å². The van der Waals surface area contributed by atoms with E-state index < -0.39 is 27.6 Å². The molecule has 0 aliphatic rings. The van der Waals surface area contributed by atoms with E-state index in [1.165, 1.54) is 42.6 Å². The number of thiophene rings is 1. The van der Waals surface area contributed by atoms with Crippen LogP contribution < -0.4 is 9.62 Å². The molecule has 0 atom stereocenters. The van der Waals surface area contributed by atoms with E-state index in [2.05, 4.69) is 5.32 Å². The summed E-state index contributed by atoms with van der Waals surface area (Å²) < 4.78 is 54.6. The van der Waals surface area contributed by atoms with Crippen LogP contribution in [0.3, 0.4) is 0 Å². The van der Waals surface area contributed by atoms with Gasteiger partial charge >= 0.3 is 0 Å². The average molecular weight is 493 g/mol. The zero-order valence-corrected chi connectivity index (χ0v) is 18.9. The summed E-state index contributed by atoms with van der Waals surface area (Å²) in [6, 6.07) is 15.3. The minimum atomic E-state index is -3.81. The molecular formula is C22H15ClF2N2O3S2. The van der Waals surface area contributed by atoms with Gasteiger partial charge in [-0.3, -0.25) is 9.10 Å². The molecule has 0 spiro atoms. The molecule has 3 aromatic carbocycles. The van der Waals surface area contributed by atoms with Crippen molar-refractivity contribution in [1.82, 2.24) is 0 Å². The summed E-state index contributed by atoms with van der Waals surface area (Å²) in [5.41, 5.74) is 0.269. The van der Waals surface area contributed by atoms with Crippen molar-refractivity contribution in [3.05, 3.63) is 88.3 Å². The van der Waals surface area contributed by atoms with Crippen molar-refractivity contribution in [2.45, 2.75) is 4.90 Å². The minimum Gasteiger partial charge on any atom is -0.319 e. The van der Waals surface area contributed by atoms with Crippen LogP contribution in [-0.2, 0) is 10.0 Å². The molecule has 10 heteroatoms. The van der Waals surface area contributed by atoms with E-state index in [1.807, 2.05) is 0 Å². The molecule has 32 heavy (non-hydrogen) atoms. The number of carbonyl (C=O) groups is 1. The number of nitrogens with zero attached hydrogens (tertiary/aromatic N) is 1. The Hall–Kier alpha value is -3.01. The van der Waals surface area contributed by atoms with E-state index in [0.29, 0.717) is 27.0 Å². The molecule has 164 valence electrons. The maximum Gasteiger partial charge on any atom is 0.265 e. The second kappa shape index (κ2) is 8.50. The molecule has 0 saturated heterocycles. The van der Waals surface area contributed by atoms with Crippen LogP contribution in [0.25, 0.3) is 10.1 Å². The Balaban J connectivity index is 1.61. The van der Waals surface area contributed by atoms with E-state index in [0.717, 1.165) is 21.1 Å². The van der Waals surface area contributed by atoms with Gasteiger partial charge in [-0.05, 0) is 66.0 Å². The number of sulfonamides is 1. The topological polar surface area (TPSA) is 66.5 Å². The molecule has 0 bridgehead atoms. The van der Waals surface area contributed by atoms with Crippen molar-refractivity contribution >= 4 is 60.3 Å². The quantitative estimate of drug-likeness (QED) is 0.376. The largest absolute Gasteiger partial charge is 0.319 e. The van der Waals surface area contributed by atoms with Crippen molar-refractivity contribution in [3.63, 3.8) is 0 Å². The van der Waals surface area contributed by atoms with Gasteiger partial charge in [0.25, 0.3) is 15.9 Å². The lowest BCUT2D eigenvalue weighted by Gasteiger charge is -2.19. The molecule has 5 nitrogen and oxygen atoms in total. The van der Waals surface area contributed by atoms with Crippen molar-refractivity contribution in [1.29, 1.82) is 0 Å². The Morgan fingerprint density at radius 1 is 1.00 bits per heavy atom. The first-order valence-corrected chi connectivity index (χ1v) is 11.8. The monoisotopic (exact) mass is 492 g/mol. The third-order valence-corrected chi connectivity index (χ3v) is 7.91. The summed E-state index contributed by atoms with van der Waals surface area (Å²) in [4.78, 5) is 12.9. The molecule has 0 unspecified atom stereocenters. The highest BCUT2D eigenvalue weighted by Gasteiger charge is 2.22. The van der Waals surface area contributed by atoms with Crippen LogP contribution in [0, 0.1) is 11.6 Å². The van der Waals surface area contributed by atoms with Crippen LogP contribution in [0.2, 0.25) is 5.02 Å². The van der Waals surface area contributed by atoms with Gasteiger partial charge in [0.2, 0.25) is 0 Å². The van der Waals surface area contributed by atoms with E-state index in [4.69, 9.17) is 11.6 Å². The number of fused-ring (bicyclic) bond motifs is 1. The van der Waals surface area contributed by atoms with Gasteiger partial charge in [-0.15, -0.1) is 11.3 Å². The average Bonchev–Trinajstić information content (AvgIpc) is 3.19. The molecule has 0 fully saturated rings. The molecule has 1 N–H and O–H groups in total. The van der Waals surface area contributed by atoms with Crippen LogP contribution >= 0.6 is 22.9 Å². The molecule has 0 saturated carbocycles. The van der Waals surface area contributed by atoms with E-state index in [1.54, 1.807) is 24.3 Å². The number of hydrogen-bond acceptors (Lipinski definition) is 4. The number of anilines is 2. The molecule has 0 radical (unpaired) electrons. The normalized spacial score (nSPS) is 11.5. The second-order valence-corrected chi connectivity index (χ2v) is 10.3. The number of benzene rings is 3.